The summed E-state index contributed by atoms with van der Waals surface area (Å²) in [6.07, 6.45) is 0. The molecule has 0 aliphatic carbocycles. The number of benzene rings is 1. The van der Waals surface area contributed by atoms with Gasteiger partial charge < -0.3 is 9.26 Å². The highest BCUT2D eigenvalue weighted by molar-refractivity contribution is 6.72. The Morgan fingerprint density at radius 3 is 2.30 bits per heavy atom. The molecule has 0 fully saturated rings. The fraction of sp³-hybridized carbons (Fsp3) is 0.467. The standard InChI is InChI=1S/C15H23NO3Si/c1-12(2)14(15(17)19-20(3,4)5)16-18-11-13-9-7-6-8-10-13/h6-10,12H,11H2,1-5H3/b16-14+. The first-order valence-electron chi connectivity index (χ1n) is 6.76. The zero-order valence-corrected chi connectivity index (χ0v) is 13.8. The van der Waals surface area contributed by atoms with Gasteiger partial charge in [0.1, 0.15) is 6.61 Å². The van der Waals surface area contributed by atoms with Gasteiger partial charge in [-0.15, -0.1) is 0 Å². The maximum atomic E-state index is 12.0. The van der Waals surface area contributed by atoms with E-state index in [1.165, 1.54) is 0 Å². The fourth-order valence-corrected chi connectivity index (χ4v) is 2.12. The van der Waals surface area contributed by atoms with Gasteiger partial charge in [0.15, 0.2) is 5.71 Å². The summed E-state index contributed by atoms with van der Waals surface area (Å²) in [5.41, 5.74) is 1.35. The Hall–Kier alpha value is -1.62. The molecular weight excluding hydrogens is 270 g/mol. The van der Waals surface area contributed by atoms with Gasteiger partial charge in [-0.2, -0.15) is 0 Å². The van der Waals surface area contributed by atoms with Crippen LogP contribution in [0.5, 0.6) is 0 Å². The first kappa shape index (κ1) is 16.4. The first-order chi connectivity index (χ1) is 9.29. The molecule has 0 aromatic heterocycles. The van der Waals surface area contributed by atoms with E-state index in [0.29, 0.717) is 12.3 Å². The molecule has 1 rings (SSSR count). The predicted molar refractivity (Wildman–Crippen MR) is 82.9 cm³/mol. The van der Waals surface area contributed by atoms with Crippen molar-refractivity contribution in [2.24, 2.45) is 11.1 Å². The molecule has 0 aliphatic rings. The van der Waals surface area contributed by atoms with Crippen molar-refractivity contribution in [2.75, 3.05) is 0 Å². The molecule has 0 unspecified atom stereocenters. The van der Waals surface area contributed by atoms with E-state index in [4.69, 9.17) is 9.26 Å². The van der Waals surface area contributed by atoms with Crippen LogP contribution in [-0.2, 0) is 20.7 Å². The molecule has 0 spiro atoms. The van der Waals surface area contributed by atoms with Crippen LogP contribution in [0.2, 0.25) is 19.6 Å². The number of hydrogen-bond acceptors (Lipinski definition) is 4. The monoisotopic (exact) mass is 293 g/mol. The lowest BCUT2D eigenvalue weighted by Gasteiger charge is -2.19. The molecule has 0 saturated heterocycles. The molecule has 0 heterocycles. The van der Waals surface area contributed by atoms with Crippen LogP contribution < -0.4 is 0 Å². The Morgan fingerprint density at radius 2 is 1.80 bits per heavy atom. The van der Waals surface area contributed by atoms with Crippen molar-refractivity contribution < 1.29 is 14.1 Å². The molecule has 20 heavy (non-hydrogen) atoms. The second-order valence-electron chi connectivity index (χ2n) is 5.89. The van der Waals surface area contributed by atoms with Crippen LogP contribution in [0.25, 0.3) is 0 Å². The third-order valence-corrected chi connectivity index (χ3v) is 3.19. The van der Waals surface area contributed by atoms with Crippen LogP contribution >= 0.6 is 0 Å². The van der Waals surface area contributed by atoms with Gasteiger partial charge in [0, 0.05) is 5.92 Å². The minimum absolute atomic E-state index is 0.0328. The molecule has 0 N–H and O–H groups in total. The molecule has 0 aliphatic heterocycles. The summed E-state index contributed by atoms with van der Waals surface area (Å²) in [5, 5.41) is 3.97. The lowest BCUT2D eigenvalue weighted by Crippen LogP contribution is -2.35. The van der Waals surface area contributed by atoms with Crippen LogP contribution in [0, 0.1) is 5.92 Å². The summed E-state index contributed by atoms with van der Waals surface area (Å²) >= 11 is 0. The van der Waals surface area contributed by atoms with Crippen molar-refractivity contribution in [1.29, 1.82) is 0 Å². The molecule has 0 atom stereocenters. The quantitative estimate of drug-likeness (QED) is 0.457. The van der Waals surface area contributed by atoms with Gasteiger partial charge in [-0.3, -0.25) is 0 Å². The maximum absolute atomic E-state index is 12.0. The molecule has 4 nitrogen and oxygen atoms in total. The lowest BCUT2D eigenvalue weighted by atomic mass is 10.1. The zero-order chi connectivity index (χ0) is 15.2. The number of hydrogen-bond donors (Lipinski definition) is 0. The highest BCUT2D eigenvalue weighted by Gasteiger charge is 2.25. The SMILES string of the molecule is CC(C)/C(=N\OCc1ccccc1)C(=O)O[Si](C)(C)C. The Bertz CT molecular complexity index is 464. The summed E-state index contributed by atoms with van der Waals surface area (Å²) in [6.45, 7) is 10.0. The number of rotatable bonds is 6. The Balaban J connectivity index is 2.66. The zero-order valence-electron chi connectivity index (χ0n) is 12.8. The minimum atomic E-state index is -1.92. The Morgan fingerprint density at radius 1 is 1.20 bits per heavy atom. The molecule has 110 valence electrons. The van der Waals surface area contributed by atoms with E-state index < -0.39 is 8.32 Å². The summed E-state index contributed by atoms with van der Waals surface area (Å²) in [7, 11) is -1.92. The molecule has 5 heteroatoms. The highest BCUT2D eigenvalue weighted by atomic mass is 28.4. The van der Waals surface area contributed by atoms with E-state index in [2.05, 4.69) is 5.16 Å². The molecule has 0 amide bonds. The largest absolute Gasteiger partial charge is 0.515 e. The van der Waals surface area contributed by atoms with Gasteiger partial charge >= 0.3 is 5.97 Å². The summed E-state index contributed by atoms with van der Waals surface area (Å²) in [5.74, 6) is -0.401. The summed E-state index contributed by atoms with van der Waals surface area (Å²) in [4.78, 5) is 17.3. The normalized spacial score (nSPS) is 12.4. The second kappa shape index (κ2) is 7.24. The molecule has 0 saturated carbocycles. The summed E-state index contributed by atoms with van der Waals surface area (Å²) < 4.78 is 5.45. The molecule has 1 aromatic rings. The number of carbonyl (C=O) groups excluding carboxylic acids is 1. The van der Waals surface area contributed by atoms with Gasteiger partial charge in [0.2, 0.25) is 8.32 Å². The van der Waals surface area contributed by atoms with Crippen LogP contribution in [0.3, 0.4) is 0 Å². The number of nitrogens with zero attached hydrogens (tertiary/aromatic N) is 1. The highest BCUT2D eigenvalue weighted by Crippen LogP contribution is 2.09. The predicted octanol–water partition coefficient (Wildman–Crippen LogP) is 3.59. The van der Waals surface area contributed by atoms with Crippen molar-refractivity contribution in [3.8, 4) is 0 Å². The Kier molecular flexibility index (Phi) is 5.95. The van der Waals surface area contributed by atoms with Gasteiger partial charge in [0.25, 0.3) is 0 Å². The molecular formula is C15H23NO3Si. The van der Waals surface area contributed by atoms with Gasteiger partial charge in [-0.25, -0.2) is 4.79 Å². The first-order valence-corrected chi connectivity index (χ1v) is 10.2. The van der Waals surface area contributed by atoms with Crippen molar-refractivity contribution in [2.45, 2.75) is 40.1 Å². The lowest BCUT2D eigenvalue weighted by molar-refractivity contribution is -0.128. The number of oxime groups is 1. The second-order valence-corrected chi connectivity index (χ2v) is 10.3. The average Bonchev–Trinajstić information content (AvgIpc) is 2.33. The van der Waals surface area contributed by atoms with E-state index in [1.54, 1.807) is 0 Å². The number of carbonyl (C=O) groups is 1. The van der Waals surface area contributed by atoms with E-state index in [9.17, 15) is 4.79 Å². The molecule has 1 aromatic carbocycles. The smallest absolute Gasteiger partial charge is 0.343 e. The van der Waals surface area contributed by atoms with Crippen LogP contribution in [0.1, 0.15) is 19.4 Å². The minimum Gasteiger partial charge on any atom is -0.515 e. The van der Waals surface area contributed by atoms with Crippen molar-refractivity contribution >= 4 is 20.0 Å². The van der Waals surface area contributed by atoms with E-state index in [-0.39, 0.29) is 11.9 Å². The van der Waals surface area contributed by atoms with Gasteiger partial charge in [0.05, 0.1) is 0 Å². The molecule has 0 bridgehead atoms. The van der Waals surface area contributed by atoms with E-state index >= 15 is 0 Å². The van der Waals surface area contributed by atoms with Crippen molar-refractivity contribution in [1.82, 2.24) is 0 Å². The average molecular weight is 293 g/mol. The Labute approximate surface area is 121 Å². The van der Waals surface area contributed by atoms with Gasteiger partial charge in [-0.05, 0) is 25.2 Å². The van der Waals surface area contributed by atoms with Crippen LogP contribution in [0.4, 0.5) is 0 Å². The van der Waals surface area contributed by atoms with Gasteiger partial charge in [-0.1, -0.05) is 49.3 Å². The summed E-state index contributed by atoms with van der Waals surface area (Å²) in [6, 6.07) is 9.71. The van der Waals surface area contributed by atoms with Crippen LogP contribution in [-0.4, -0.2) is 20.0 Å². The fourth-order valence-electron chi connectivity index (χ4n) is 1.46. The third kappa shape index (κ3) is 6.01. The van der Waals surface area contributed by atoms with Crippen molar-refractivity contribution in [3.63, 3.8) is 0 Å². The van der Waals surface area contributed by atoms with E-state index in [1.807, 2.05) is 63.8 Å². The maximum Gasteiger partial charge on any atom is 0.343 e. The van der Waals surface area contributed by atoms with Crippen LogP contribution in [0.15, 0.2) is 35.5 Å². The topological polar surface area (TPSA) is 47.9 Å². The van der Waals surface area contributed by atoms with E-state index in [0.717, 1.165) is 5.56 Å². The molecule has 0 radical (unpaired) electrons. The van der Waals surface area contributed by atoms with Crippen molar-refractivity contribution in [3.05, 3.63) is 35.9 Å². The third-order valence-electron chi connectivity index (χ3n) is 2.39.